The zero-order valence-electron chi connectivity index (χ0n) is 8.17. The predicted octanol–water partition coefficient (Wildman–Crippen LogP) is 2.00. The molecule has 0 atom stereocenters. The van der Waals surface area contributed by atoms with E-state index in [9.17, 15) is 9.59 Å². The molecule has 75 valence electrons. The third-order valence-electron chi connectivity index (χ3n) is 1.63. The Bertz CT molecular complexity index is 143. The molecule has 0 rings (SSSR count). The number of esters is 1. The Balaban J connectivity index is 3.12. The molecule has 3 nitrogen and oxygen atoms in total. The summed E-state index contributed by atoms with van der Waals surface area (Å²) in [6.07, 6.45) is 6.17. The van der Waals surface area contributed by atoms with Crippen LogP contribution < -0.4 is 0 Å². The average Bonchev–Trinajstić information content (AvgIpc) is 2.14. The highest BCUT2D eigenvalue weighted by atomic mass is 16.5. The normalized spacial score (nSPS) is 9.62. The second-order valence-electron chi connectivity index (χ2n) is 2.93. The minimum absolute atomic E-state index is 0.128. The van der Waals surface area contributed by atoms with Crippen molar-refractivity contribution in [1.82, 2.24) is 0 Å². The van der Waals surface area contributed by atoms with E-state index in [1.807, 2.05) is 13.2 Å². The molecule has 3 heteroatoms. The van der Waals surface area contributed by atoms with Gasteiger partial charge in [0.1, 0.15) is 0 Å². The van der Waals surface area contributed by atoms with Gasteiger partial charge >= 0.3 is 5.97 Å². The van der Waals surface area contributed by atoms with Crippen molar-refractivity contribution in [2.24, 2.45) is 0 Å². The van der Waals surface area contributed by atoms with Gasteiger partial charge in [-0.15, -0.1) is 0 Å². The van der Waals surface area contributed by atoms with Crippen molar-refractivity contribution in [3.63, 3.8) is 0 Å². The SMILES string of the molecule is CCCOC(=O)CCCCC[C]=O. The van der Waals surface area contributed by atoms with Crippen LogP contribution in [0, 0.1) is 0 Å². The lowest BCUT2D eigenvalue weighted by atomic mass is 10.1. The van der Waals surface area contributed by atoms with Crippen LogP contribution in [0.2, 0.25) is 0 Å². The van der Waals surface area contributed by atoms with Crippen molar-refractivity contribution in [3.05, 3.63) is 0 Å². The number of unbranched alkanes of at least 4 members (excludes halogenated alkanes) is 3. The predicted molar refractivity (Wildman–Crippen MR) is 50.0 cm³/mol. The van der Waals surface area contributed by atoms with Crippen molar-refractivity contribution >= 4 is 12.3 Å². The van der Waals surface area contributed by atoms with Crippen LogP contribution in [-0.2, 0) is 14.3 Å². The maximum atomic E-state index is 10.9. The van der Waals surface area contributed by atoms with Crippen LogP contribution in [0.4, 0.5) is 0 Å². The van der Waals surface area contributed by atoms with Gasteiger partial charge in [-0.3, -0.25) is 9.59 Å². The van der Waals surface area contributed by atoms with Crippen molar-refractivity contribution in [2.75, 3.05) is 6.61 Å². The fourth-order valence-electron chi connectivity index (χ4n) is 0.931. The molecule has 0 saturated heterocycles. The Labute approximate surface area is 79.5 Å². The highest BCUT2D eigenvalue weighted by molar-refractivity contribution is 5.69. The van der Waals surface area contributed by atoms with Gasteiger partial charge in [-0.25, -0.2) is 0 Å². The Morgan fingerprint density at radius 3 is 2.69 bits per heavy atom. The third kappa shape index (κ3) is 9.05. The van der Waals surface area contributed by atoms with E-state index in [4.69, 9.17) is 4.74 Å². The van der Waals surface area contributed by atoms with Gasteiger partial charge in [-0.2, -0.15) is 0 Å². The van der Waals surface area contributed by atoms with E-state index in [1.165, 1.54) is 0 Å². The van der Waals surface area contributed by atoms with Crippen LogP contribution in [-0.4, -0.2) is 18.9 Å². The Hall–Kier alpha value is -0.860. The Morgan fingerprint density at radius 1 is 1.31 bits per heavy atom. The first-order chi connectivity index (χ1) is 6.31. The molecule has 0 aromatic rings. The number of ether oxygens (including phenoxy) is 1. The number of carbonyl (C=O) groups excluding carboxylic acids is 2. The molecule has 0 unspecified atom stereocenters. The summed E-state index contributed by atoms with van der Waals surface area (Å²) < 4.78 is 4.88. The highest BCUT2D eigenvalue weighted by Gasteiger charge is 2.00. The molecule has 0 aromatic heterocycles. The minimum Gasteiger partial charge on any atom is -0.466 e. The lowest BCUT2D eigenvalue weighted by Gasteiger charge is -2.01. The Morgan fingerprint density at radius 2 is 2.08 bits per heavy atom. The summed E-state index contributed by atoms with van der Waals surface area (Å²) in [7, 11) is 0. The Kier molecular flexibility index (Phi) is 8.62. The zero-order chi connectivity index (χ0) is 9.94. The molecule has 0 aliphatic rings. The van der Waals surface area contributed by atoms with Crippen LogP contribution in [0.5, 0.6) is 0 Å². The lowest BCUT2D eigenvalue weighted by molar-refractivity contribution is -0.143. The summed E-state index contributed by atoms with van der Waals surface area (Å²) in [6.45, 7) is 2.48. The van der Waals surface area contributed by atoms with Crippen LogP contribution in [0.1, 0.15) is 45.4 Å². The van der Waals surface area contributed by atoms with Gasteiger partial charge in [0.2, 0.25) is 0 Å². The highest BCUT2D eigenvalue weighted by Crippen LogP contribution is 2.02. The molecule has 0 aliphatic heterocycles. The van der Waals surface area contributed by atoms with Crippen LogP contribution in [0.25, 0.3) is 0 Å². The standard InChI is InChI=1S/C10H17O3/c1-2-9-13-10(12)7-5-3-4-6-8-11/h2-7,9H2,1H3. The van der Waals surface area contributed by atoms with Gasteiger partial charge in [-0.05, 0) is 19.3 Å². The van der Waals surface area contributed by atoms with Crippen molar-refractivity contribution in [3.8, 4) is 0 Å². The fraction of sp³-hybridized carbons (Fsp3) is 0.800. The minimum atomic E-state index is -0.128. The monoisotopic (exact) mass is 185 g/mol. The molecule has 13 heavy (non-hydrogen) atoms. The molecule has 0 fully saturated rings. The zero-order valence-corrected chi connectivity index (χ0v) is 8.17. The van der Waals surface area contributed by atoms with Crippen molar-refractivity contribution in [2.45, 2.75) is 45.4 Å². The maximum absolute atomic E-state index is 10.9. The maximum Gasteiger partial charge on any atom is 0.305 e. The second-order valence-corrected chi connectivity index (χ2v) is 2.93. The summed E-state index contributed by atoms with van der Waals surface area (Å²) in [5, 5.41) is 0. The molecule has 0 saturated carbocycles. The first kappa shape index (κ1) is 12.1. The molecule has 0 amide bonds. The van der Waals surface area contributed by atoms with Gasteiger partial charge in [0, 0.05) is 12.8 Å². The average molecular weight is 185 g/mol. The van der Waals surface area contributed by atoms with E-state index in [-0.39, 0.29) is 5.97 Å². The molecular formula is C10H17O3. The summed E-state index contributed by atoms with van der Waals surface area (Å²) in [6, 6.07) is 0. The first-order valence-corrected chi connectivity index (χ1v) is 4.82. The van der Waals surface area contributed by atoms with Gasteiger partial charge in [-0.1, -0.05) is 13.3 Å². The van der Waals surface area contributed by atoms with Crippen LogP contribution in [0.15, 0.2) is 0 Å². The summed E-state index contributed by atoms with van der Waals surface area (Å²) in [4.78, 5) is 20.8. The number of hydrogen-bond acceptors (Lipinski definition) is 3. The lowest BCUT2D eigenvalue weighted by Crippen LogP contribution is -2.04. The molecule has 0 aliphatic carbocycles. The van der Waals surface area contributed by atoms with E-state index in [2.05, 4.69) is 0 Å². The van der Waals surface area contributed by atoms with Gasteiger partial charge in [0.25, 0.3) is 0 Å². The van der Waals surface area contributed by atoms with Crippen LogP contribution in [0.3, 0.4) is 0 Å². The van der Waals surface area contributed by atoms with Gasteiger partial charge in [0.05, 0.1) is 6.61 Å². The van der Waals surface area contributed by atoms with Crippen molar-refractivity contribution in [1.29, 1.82) is 0 Å². The molecular weight excluding hydrogens is 168 g/mol. The third-order valence-corrected chi connectivity index (χ3v) is 1.63. The topological polar surface area (TPSA) is 43.4 Å². The van der Waals surface area contributed by atoms with E-state index >= 15 is 0 Å². The number of carbonyl (C=O) groups is 1. The molecule has 0 bridgehead atoms. The van der Waals surface area contributed by atoms with E-state index in [0.29, 0.717) is 19.4 Å². The van der Waals surface area contributed by atoms with Crippen LogP contribution >= 0.6 is 0 Å². The van der Waals surface area contributed by atoms with E-state index in [1.54, 1.807) is 0 Å². The quantitative estimate of drug-likeness (QED) is 0.429. The van der Waals surface area contributed by atoms with E-state index in [0.717, 1.165) is 25.7 Å². The largest absolute Gasteiger partial charge is 0.466 e. The molecule has 1 radical (unpaired) electrons. The van der Waals surface area contributed by atoms with Crippen molar-refractivity contribution < 1.29 is 14.3 Å². The smallest absolute Gasteiger partial charge is 0.305 e. The van der Waals surface area contributed by atoms with E-state index < -0.39 is 0 Å². The summed E-state index contributed by atoms with van der Waals surface area (Å²) in [5.74, 6) is -0.128. The first-order valence-electron chi connectivity index (χ1n) is 4.82. The number of rotatable bonds is 8. The fourth-order valence-corrected chi connectivity index (χ4v) is 0.931. The summed E-state index contributed by atoms with van der Waals surface area (Å²) >= 11 is 0. The van der Waals surface area contributed by atoms with Gasteiger partial charge in [0.15, 0.2) is 6.29 Å². The number of hydrogen-bond donors (Lipinski definition) is 0. The summed E-state index contributed by atoms with van der Waals surface area (Å²) in [5.41, 5.74) is 0. The van der Waals surface area contributed by atoms with Gasteiger partial charge < -0.3 is 4.74 Å². The second kappa shape index (κ2) is 9.23. The molecule has 0 N–H and O–H groups in total. The molecule has 0 aromatic carbocycles. The molecule has 0 heterocycles. The molecule has 0 spiro atoms.